The smallest absolute Gasteiger partial charge is 0.337 e. The van der Waals surface area contributed by atoms with Gasteiger partial charge >= 0.3 is 6.18 Å². The molecule has 0 bridgehead atoms. The van der Waals surface area contributed by atoms with Crippen molar-refractivity contribution in [2.45, 2.75) is 6.18 Å². The molecule has 0 unspecified atom stereocenters. The van der Waals surface area contributed by atoms with E-state index >= 15 is 0 Å². The molecule has 28 heavy (non-hydrogen) atoms. The van der Waals surface area contributed by atoms with E-state index in [4.69, 9.17) is 0 Å². The van der Waals surface area contributed by atoms with Crippen LogP contribution >= 0.6 is 0 Å². The maximum atomic E-state index is 12.9. The summed E-state index contributed by atoms with van der Waals surface area (Å²) in [4.78, 5) is 24.3. The summed E-state index contributed by atoms with van der Waals surface area (Å²) in [5.41, 5.74) is 0.791. The Balaban J connectivity index is 1.46. The number of halogens is 3. The van der Waals surface area contributed by atoms with E-state index in [-0.39, 0.29) is 5.95 Å². The molecule has 0 aromatic carbocycles. The summed E-state index contributed by atoms with van der Waals surface area (Å²) in [5, 5.41) is 0. The van der Waals surface area contributed by atoms with Gasteiger partial charge in [-0.15, -0.1) is 0 Å². The average Bonchev–Trinajstić information content (AvgIpc) is 2.74. The van der Waals surface area contributed by atoms with E-state index in [1.807, 2.05) is 23.1 Å². The second-order valence-corrected chi connectivity index (χ2v) is 6.19. The molecule has 0 radical (unpaired) electrons. The molecule has 0 N–H and O–H groups in total. The molecule has 1 aliphatic heterocycles. The lowest BCUT2D eigenvalue weighted by Gasteiger charge is -2.34. The molecule has 0 aliphatic carbocycles. The average molecular weight is 387 g/mol. The maximum Gasteiger partial charge on any atom is 0.433 e. The number of aromatic nitrogens is 5. The van der Waals surface area contributed by atoms with Crippen LogP contribution in [-0.4, -0.2) is 51.1 Å². The van der Waals surface area contributed by atoms with Crippen LogP contribution in [0.3, 0.4) is 0 Å². The van der Waals surface area contributed by atoms with Crippen LogP contribution in [0.4, 0.5) is 25.1 Å². The van der Waals surface area contributed by atoms with Crippen molar-refractivity contribution < 1.29 is 13.2 Å². The first-order valence-electron chi connectivity index (χ1n) is 8.64. The Hall–Kier alpha value is -3.30. The second-order valence-electron chi connectivity index (χ2n) is 6.19. The van der Waals surface area contributed by atoms with Crippen LogP contribution in [-0.2, 0) is 6.18 Å². The summed E-state index contributed by atoms with van der Waals surface area (Å²) < 4.78 is 38.6. The van der Waals surface area contributed by atoms with Gasteiger partial charge in [0.15, 0.2) is 0 Å². The predicted molar refractivity (Wildman–Crippen MR) is 96.7 cm³/mol. The molecule has 1 fully saturated rings. The largest absolute Gasteiger partial charge is 0.433 e. The van der Waals surface area contributed by atoms with E-state index in [2.05, 4.69) is 24.9 Å². The Bertz CT molecular complexity index is 941. The zero-order valence-corrected chi connectivity index (χ0v) is 14.7. The van der Waals surface area contributed by atoms with E-state index in [9.17, 15) is 13.2 Å². The van der Waals surface area contributed by atoms with E-state index in [1.165, 1.54) is 0 Å². The van der Waals surface area contributed by atoms with Crippen molar-refractivity contribution in [3.8, 4) is 11.3 Å². The highest BCUT2D eigenvalue weighted by molar-refractivity contribution is 5.59. The van der Waals surface area contributed by atoms with Crippen LogP contribution in [0.2, 0.25) is 0 Å². The molecule has 7 nitrogen and oxygen atoms in total. The lowest BCUT2D eigenvalue weighted by atomic mass is 10.2. The Morgan fingerprint density at radius 2 is 1.29 bits per heavy atom. The molecule has 3 aromatic rings. The molecule has 0 atom stereocenters. The Kier molecular flexibility index (Phi) is 4.76. The highest BCUT2D eigenvalue weighted by Crippen LogP contribution is 2.28. The van der Waals surface area contributed by atoms with Gasteiger partial charge in [0, 0.05) is 56.5 Å². The van der Waals surface area contributed by atoms with Crippen molar-refractivity contribution in [3.63, 3.8) is 0 Å². The van der Waals surface area contributed by atoms with Crippen LogP contribution in [0, 0.1) is 0 Å². The van der Waals surface area contributed by atoms with Gasteiger partial charge in [-0.05, 0) is 24.3 Å². The molecule has 0 amide bonds. The fourth-order valence-corrected chi connectivity index (χ4v) is 2.95. The first kappa shape index (κ1) is 18.1. The van der Waals surface area contributed by atoms with Gasteiger partial charge in [-0.3, -0.25) is 4.98 Å². The number of hydrogen-bond donors (Lipinski definition) is 0. The fourth-order valence-electron chi connectivity index (χ4n) is 2.95. The van der Waals surface area contributed by atoms with E-state index in [1.54, 1.807) is 23.5 Å². The number of hydrogen-bond acceptors (Lipinski definition) is 7. The molecule has 0 saturated carbocycles. The van der Waals surface area contributed by atoms with Crippen LogP contribution < -0.4 is 9.80 Å². The number of rotatable bonds is 3. The maximum absolute atomic E-state index is 12.9. The van der Waals surface area contributed by atoms with Crippen molar-refractivity contribution in [2.75, 3.05) is 36.0 Å². The van der Waals surface area contributed by atoms with E-state index in [0.29, 0.717) is 32.1 Å². The third kappa shape index (κ3) is 3.85. The molecule has 1 saturated heterocycles. The van der Waals surface area contributed by atoms with Gasteiger partial charge in [-0.25, -0.2) is 19.9 Å². The molecule has 4 heterocycles. The number of anilines is 2. The number of pyridine rings is 1. The van der Waals surface area contributed by atoms with Gasteiger partial charge in [0.05, 0.1) is 5.69 Å². The molecule has 0 spiro atoms. The summed E-state index contributed by atoms with van der Waals surface area (Å²) in [5.74, 6) is 0.667. The summed E-state index contributed by atoms with van der Waals surface area (Å²) in [6, 6.07) is 6.44. The zero-order chi connectivity index (χ0) is 19.6. The SMILES string of the molecule is FC(F)(F)c1ccnc(N2CCN(c3nccc(-c4ccncc4)n3)CC2)n1. The quantitative estimate of drug-likeness (QED) is 0.684. The summed E-state index contributed by atoms with van der Waals surface area (Å²) in [6.07, 6.45) is 1.75. The first-order chi connectivity index (χ1) is 13.5. The number of nitrogens with zero attached hydrogens (tertiary/aromatic N) is 7. The highest BCUT2D eigenvalue weighted by Gasteiger charge is 2.33. The lowest BCUT2D eigenvalue weighted by molar-refractivity contribution is -0.141. The van der Waals surface area contributed by atoms with Crippen molar-refractivity contribution in [1.82, 2.24) is 24.9 Å². The third-order valence-corrected chi connectivity index (χ3v) is 4.40. The minimum absolute atomic E-state index is 0.0842. The molecular weight excluding hydrogens is 371 g/mol. The van der Waals surface area contributed by atoms with Gasteiger partial charge in [0.25, 0.3) is 0 Å². The molecule has 144 valence electrons. The van der Waals surface area contributed by atoms with Gasteiger partial charge in [0.1, 0.15) is 5.69 Å². The van der Waals surface area contributed by atoms with Crippen LogP contribution in [0.15, 0.2) is 49.1 Å². The summed E-state index contributed by atoms with van der Waals surface area (Å²) in [7, 11) is 0. The third-order valence-electron chi connectivity index (χ3n) is 4.40. The molecule has 3 aromatic heterocycles. The van der Waals surface area contributed by atoms with Crippen molar-refractivity contribution >= 4 is 11.9 Å². The van der Waals surface area contributed by atoms with Crippen LogP contribution in [0.5, 0.6) is 0 Å². The molecule has 1 aliphatic rings. The minimum atomic E-state index is -4.49. The molecule has 10 heteroatoms. The molecular formula is C18H16F3N7. The topological polar surface area (TPSA) is 70.9 Å². The van der Waals surface area contributed by atoms with Gasteiger partial charge < -0.3 is 9.80 Å². The standard InChI is InChI=1S/C18H16F3N7/c19-18(20,21)15-4-8-24-17(26-15)28-11-9-27(10-12-28)16-23-7-3-14(25-16)13-1-5-22-6-2-13/h1-8H,9-12H2. The van der Waals surface area contributed by atoms with Crippen LogP contribution in [0.1, 0.15) is 5.69 Å². The Labute approximate surface area is 158 Å². The summed E-state index contributed by atoms with van der Waals surface area (Å²) >= 11 is 0. The first-order valence-corrected chi connectivity index (χ1v) is 8.64. The van der Waals surface area contributed by atoms with E-state index in [0.717, 1.165) is 23.5 Å². The van der Waals surface area contributed by atoms with Gasteiger partial charge in [-0.1, -0.05) is 0 Å². The normalized spacial score (nSPS) is 15.0. The van der Waals surface area contributed by atoms with Gasteiger partial charge in [0.2, 0.25) is 11.9 Å². The number of alkyl halides is 3. The summed E-state index contributed by atoms with van der Waals surface area (Å²) in [6.45, 7) is 2.06. The van der Waals surface area contributed by atoms with Crippen LogP contribution in [0.25, 0.3) is 11.3 Å². The van der Waals surface area contributed by atoms with Gasteiger partial charge in [-0.2, -0.15) is 13.2 Å². The minimum Gasteiger partial charge on any atom is -0.337 e. The Morgan fingerprint density at radius 3 is 1.89 bits per heavy atom. The Morgan fingerprint density at radius 1 is 0.714 bits per heavy atom. The molecule has 4 rings (SSSR count). The number of piperazine rings is 1. The monoisotopic (exact) mass is 387 g/mol. The van der Waals surface area contributed by atoms with E-state index < -0.39 is 11.9 Å². The highest BCUT2D eigenvalue weighted by atomic mass is 19.4. The second kappa shape index (κ2) is 7.37. The zero-order valence-electron chi connectivity index (χ0n) is 14.7. The predicted octanol–water partition coefficient (Wildman–Crippen LogP) is 2.67. The van der Waals surface area contributed by atoms with Crippen molar-refractivity contribution in [3.05, 3.63) is 54.7 Å². The van der Waals surface area contributed by atoms with Crippen molar-refractivity contribution in [1.29, 1.82) is 0 Å². The lowest BCUT2D eigenvalue weighted by Crippen LogP contribution is -2.47. The van der Waals surface area contributed by atoms with Crippen molar-refractivity contribution in [2.24, 2.45) is 0 Å². The fraction of sp³-hybridized carbons (Fsp3) is 0.278.